The average molecular weight is 564 g/mol. The number of hydrogen-bond donors (Lipinski definition) is 4. The zero-order valence-corrected chi connectivity index (χ0v) is 20.7. The number of fused-ring (bicyclic) bond motifs is 1. The van der Waals surface area contributed by atoms with E-state index in [1.54, 1.807) is 25.3 Å². The Balaban J connectivity index is 1.39. The van der Waals surface area contributed by atoms with Gasteiger partial charge in [-0.15, -0.1) is 10.2 Å². The molecular weight excluding hydrogens is 541 g/mol. The molecule has 0 spiro atoms. The number of carbonyl (C=O) groups excluding carboxylic acids is 1. The number of ether oxygens (including phenoxy) is 2. The first-order valence-electron chi connectivity index (χ1n) is 11.9. The number of hydrogen-bond acceptors (Lipinski definition) is 14. The smallest absolute Gasteiger partial charge is 0.449 e. The number of aliphatic hydroxyl groups is 1. The summed E-state index contributed by atoms with van der Waals surface area (Å²) in [4.78, 5) is 29.7. The van der Waals surface area contributed by atoms with Crippen LogP contribution in [0.4, 0.5) is 30.8 Å². The number of alkyl halides is 3. The van der Waals surface area contributed by atoms with Gasteiger partial charge in [0.05, 0.1) is 12.9 Å². The normalized spacial score (nSPS) is 21.0. The number of nitrogen functional groups attached to an aromatic ring is 1. The molecule has 5 rings (SSSR count). The number of aryl methyl sites for hydroxylation is 1. The van der Waals surface area contributed by atoms with E-state index in [9.17, 15) is 23.1 Å². The van der Waals surface area contributed by atoms with Gasteiger partial charge in [-0.2, -0.15) is 27.9 Å². The largest absolute Gasteiger partial charge is 0.490 e. The second-order valence-electron chi connectivity index (χ2n) is 8.47. The van der Waals surface area contributed by atoms with Crippen molar-refractivity contribution in [1.82, 2.24) is 44.7 Å². The van der Waals surface area contributed by atoms with E-state index in [0.29, 0.717) is 25.5 Å². The summed E-state index contributed by atoms with van der Waals surface area (Å²) in [6.07, 6.45) is -8.99. The van der Waals surface area contributed by atoms with Crippen LogP contribution in [0.15, 0.2) is 30.7 Å². The van der Waals surface area contributed by atoms with Gasteiger partial charge in [0.25, 0.3) is 0 Å². The minimum absolute atomic E-state index is 0.000534. The quantitative estimate of drug-likeness (QED) is 0.161. The topological polar surface area (TPSA) is 206 Å². The molecular formula is C21H23F3N12O4. The van der Waals surface area contributed by atoms with Crippen molar-refractivity contribution in [2.24, 2.45) is 0 Å². The molecule has 1 saturated heterocycles. The molecule has 0 amide bonds. The number of esters is 1. The summed E-state index contributed by atoms with van der Waals surface area (Å²) in [5.74, 6) is -1.91. The molecule has 0 aromatic carbocycles. The van der Waals surface area contributed by atoms with Crippen molar-refractivity contribution in [3.63, 3.8) is 0 Å². The van der Waals surface area contributed by atoms with Gasteiger partial charge in [-0.1, -0.05) is 6.07 Å². The summed E-state index contributed by atoms with van der Waals surface area (Å²) in [5.41, 5.74) is 6.30. The monoisotopic (exact) mass is 564 g/mol. The van der Waals surface area contributed by atoms with Gasteiger partial charge in [-0.25, -0.2) is 14.8 Å². The van der Waals surface area contributed by atoms with Gasteiger partial charge in [-0.05, 0) is 24.3 Å². The lowest BCUT2D eigenvalue weighted by atomic mass is 10.1. The first-order valence-corrected chi connectivity index (χ1v) is 11.9. The lowest BCUT2D eigenvalue weighted by Gasteiger charge is -2.20. The molecule has 40 heavy (non-hydrogen) atoms. The molecule has 1 aliphatic heterocycles. The van der Waals surface area contributed by atoms with E-state index in [-0.39, 0.29) is 28.8 Å². The number of aromatic nitrogens is 9. The van der Waals surface area contributed by atoms with Crippen LogP contribution in [-0.4, -0.2) is 87.3 Å². The van der Waals surface area contributed by atoms with E-state index < -0.39 is 36.7 Å². The highest BCUT2D eigenvalue weighted by atomic mass is 19.4. The Morgan fingerprint density at radius 3 is 2.73 bits per heavy atom. The summed E-state index contributed by atoms with van der Waals surface area (Å²) in [6, 6.07) is 5.43. The number of nitrogens with zero attached hydrogens (tertiary/aromatic N) is 9. The predicted octanol–water partition coefficient (Wildman–Crippen LogP) is 0.439. The Kier molecular flexibility index (Phi) is 7.30. The minimum Gasteiger partial charge on any atom is -0.449 e. The first kappa shape index (κ1) is 26.9. The molecule has 0 unspecified atom stereocenters. The molecule has 4 aromatic rings. The molecule has 19 heteroatoms. The third-order valence-electron chi connectivity index (χ3n) is 5.80. The number of rotatable bonds is 9. The van der Waals surface area contributed by atoms with Gasteiger partial charge >= 0.3 is 12.1 Å². The van der Waals surface area contributed by atoms with Crippen LogP contribution in [0.25, 0.3) is 11.2 Å². The predicted molar refractivity (Wildman–Crippen MR) is 129 cm³/mol. The lowest BCUT2D eigenvalue weighted by molar-refractivity contribution is -0.210. The number of imidazole rings is 1. The van der Waals surface area contributed by atoms with Crippen LogP contribution in [-0.2, 0) is 20.8 Å². The van der Waals surface area contributed by atoms with E-state index >= 15 is 0 Å². The average Bonchev–Trinajstić information content (AvgIpc) is 3.65. The summed E-state index contributed by atoms with van der Waals surface area (Å²) >= 11 is 0. The number of nitrogens with one attached hydrogen (secondary N) is 2. The summed E-state index contributed by atoms with van der Waals surface area (Å²) < 4.78 is 50.7. The second-order valence-corrected chi connectivity index (χ2v) is 8.47. The maximum Gasteiger partial charge on any atom is 0.490 e. The number of aliphatic hydroxyl groups excluding tert-OH is 1. The Bertz CT molecular complexity index is 1480. The fraction of sp³-hybridized carbons (Fsp3) is 0.429. The van der Waals surface area contributed by atoms with Crippen molar-refractivity contribution in [1.29, 1.82) is 0 Å². The number of carbonyl (C=O) groups is 1. The van der Waals surface area contributed by atoms with Crippen LogP contribution in [0.1, 0.15) is 25.1 Å². The summed E-state index contributed by atoms with van der Waals surface area (Å²) in [5, 5.41) is 28.7. The maximum absolute atomic E-state index is 13.0. The van der Waals surface area contributed by atoms with Crippen LogP contribution in [0.5, 0.6) is 0 Å². The highest BCUT2D eigenvalue weighted by Crippen LogP contribution is 2.41. The zero-order valence-electron chi connectivity index (χ0n) is 20.7. The molecule has 1 fully saturated rings. The number of nitrogens with two attached hydrogens (primary N) is 1. The van der Waals surface area contributed by atoms with Gasteiger partial charge < -0.3 is 30.9 Å². The van der Waals surface area contributed by atoms with E-state index in [2.05, 4.69) is 50.7 Å². The molecule has 0 bridgehead atoms. The molecule has 0 aliphatic carbocycles. The highest BCUT2D eigenvalue weighted by molar-refractivity contribution is 5.83. The molecule has 1 aliphatic rings. The van der Waals surface area contributed by atoms with E-state index in [1.807, 2.05) is 6.07 Å². The van der Waals surface area contributed by atoms with Gasteiger partial charge in [0, 0.05) is 19.3 Å². The Morgan fingerprint density at radius 1 is 1.23 bits per heavy atom. The van der Waals surface area contributed by atoms with Gasteiger partial charge in [0.2, 0.25) is 11.8 Å². The van der Waals surface area contributed by atoms with Crippen molar-refractivity contribution in [2.45, 2.75) is 44.2 Å². The fourth-order valence-electron chi connectivity index (χ4n) is 3.95. The molecule has 0 saturated carbocycles. The van der Waals surface area contributed by atoms with Crippen molar-refractivity contribution >= 4 is 34.7 Å². The number of halogens is 3. The molecule has 5 heterocycles. The zero-order chi connectivity index (χ0) is 28.4. The SMILES string of the molecule is CCn1nnc([C@H]2O[C@@H](n3cnc4c(N)nc(NCCNc5ccccn5)nc43)[C@H](O)[C@@H]2OC(=O)C(F)(F)F)n1. The number of pyridine rings is 1. The van der Waals surface area contributed by atoms with Gasteiger partial charge in [-0.3, -0.25) is 4.57 Å². The van der Waals surface area contributed by atoms with Crippen LogP contribution in [0, 0.1) is 0 Å². The minimum atomic E-state index is -5.31. The molecule has 5 N–H and O–H groups in total. The van der Waals surface area contributed by atoms with Crippen LogP contribution in [0.2, 0.25) is 0 Å². The molecule has 0 radical (unpaired) electrons. The standard InChI is InChI=1S/C21H23F3N12O4/c1-2-36-33-16(32-34-36)14-13(40-19(38)21(22,23)24)12(37)18(39-14)35-9-29-11-15(25)30-20(31-17(11)35)28-8-7-27-10-5-3-4-6-26-10/h3-6,9,12-14,18,37H,2,7-8H2,1H3,(H,26,27)(H3,25,28,30,31)/t12-,13+,14+,18-/m1/s1. The fourth-order valence-corrected chi connectivity index (χ4v) is 3.95. The molecule has 212 valence electrons. The van der Waals surface area contributed by atoms with Crippen molar-refractivity contribution in [2.75, 3.05) is 29.5 Å². The number of anilines is 3. The third kappa shape index (κ3) is 5.41. The van der Waals surface area contributed by atoms with E-state index in [1.165, 1.54) is 10.9 Å². The molecule has 4 atom stereocenters. The van der Waals surface area contributed by atoms with E-state index in [4.69, 9.17) is 10.5 Å². The van der Waals surface area contributed by atoms with E-state index in [0.717, 1.165) is 4.80 Å². The number of tetrazole rings is 1. The lowest BCUT2D eigenvalue weighted by Crippen LogP contribution is -2.38. The Labute approximate surface area is 222 Å². The van der Waals surface area contributed by atoms with Crippen LogP contribution in [0.3, 0.4) is 0 Å². The first-order chi connectivity index (χ1) is 19.2. The Hall–Kier alpha value is -4.65. The van der Waals surface area contributed by atoms with Crippen molar-refractivity contribution < 1.29 is 32.5 Å². The second kappa shape index (κ2) is 10.8. The summed E-state index contributed by atoms with van der Waals surface area (Å²) in [6.45, 7) is 2.84. The maximum atomic E-state index is 13.0. The van der Waals surface area contributed by atoms with Gasteiger partial charge in [0.1, 0.15) is 17.4 Å². The Morgan fingerprint density at radius 2 is 2.02 bits per heavy atom. The molecule has 4 aromatic heterocycles. The van der Waals surface area contributed by atoms with Crippen molar-refractivity contribution in [3.8, 4) is 0 Å². The third-order valence-corrected chi connectivity index (χ3v) is 5.80. The summed E-state index contributed by atoms with van der Waals surface area (Å²) in [7, 11) is 0. The molecule has 16 nitrogen and oxygen atoms in total. The van der Waals surface area contributed by atoms with Crippen molar-refractivity contribution in [3.05, 3.63) is 36.5 Å². The van der Waals surface area contributed by atoms with Crippen LogP contribution >= 0.6 is 0 Å². The highest BCUT2D eigenvalue weighted by Gasteiger charge is 2.53. The van der Waals surface area contributed by atoms with Gasteiger partial charge in [0.15, 0.2) is 29.9 Å². The van der Waals surface area contributed by atoms with Crippen LogP contribution < -0.4 is 16.4 Å².